The van der Waals surface area contributed by atoms with E-state index < -0.39 is 6.36 Å². The van der Waals surface area contributed by atoms with Gasteiger partial charge < -0.3 is 4.74 Å². The van der Waals surface area contributed by atoms with Gasteiger partial charge in [-0.05, 0) is 134 Å². The fourth-order valence-corrected chi connectivity index (χ4v) is 6.76. The molecule has 0 aromatic heterocycles. The van der Waals surface area contributed by atoms with Crippen LogP contribution >= 0.6 is 0 Å². The highest BCUT2D eigenvalue weighted by Crippen LogP contribution is 2.25. The summed E-state index contributed by atoms with van der Waals surface area (Å²) in [5.74, 6) is 4.04. The summed E-state index contributed by atoms with van der Waals surface area (Å²) in [6, 6.07) is 58.2. The number of rotatable bonds is 8. The Balaban J connectivity index is 0.000000853. The van der Waals surface area contributed by atoms with Crippen LogP contribution in [0.1, 0.15) is 218 Å². The van der Waals surface area contributed by atoms with Crippen molar-refractivity contribution in [1.29, 1.82) is 0 Å². The predicted octanol–water partition coefficient (Wildman–Crippen LogP) is 23.1. The van der Waals surface area contributed by atoms with Crippen molar-refractivity contribution in [3.05, 3.63) is 242 Å². The fraction of sp³-hybridized carbons (Fsp3) is 0.408. The molecule has 0 radical (unpaired) electrons. The van der Waals surface area contributed by atoms with Crippen LogP contribution in [0, 0.1) is 41.5 Å². The molecule has 0 spiro atoms. The number of benzene rings is 7. The van der Waals surface area contributed by atoms with Crippen molar-refractivity contribution < 1.29 is 17.9 Å². The Morgan fingerprint density at radius 1 is 0.240 bits per heavy atom. The monoisotopic (exact) mass is 1020 g/mol. The van der Waals surface area contributed by atoms with Crippen LogP contribution in [0.25, 0.3) is 0 Å². The summed E-state index contributed by atoms with van der Waals surface area (Å²) in [4.78, 5) is 0. The SMILES string of the molecule is C.CC(C)c1ccc(OC(F)(F)F)cc1.Cc1ccc(C(C)C)cc1.Cc1ccc(C(C)C)cc1.Cc1ccc(C(C)C)cc1.Cc1ccc(C(C)C)cc1.Cc1ccc(C(C)C)cc1.Cc1ccc(C(C)C)cc1. The molecule has 410 valence electrons. The topological polar surface area (TPSA) is 9.23 Å². The summed E-state index contributed by atoms with van der Waals surface area (Å²) < 4.78 is 39.1. The Morgan fingerprint density at radius 3 is 0.467 bits per heavy atom. The molecule has 0 heterocycles. The van der Waals surface area contributed by atoms with Crippen molar-refractivity contribution in [2.75, 3.05) is 0 Å². The van der Waals surface area contributed by atoms with E-state index in [2.05, 4.69) is 275 Å². The van der Waals surface area contributed by atoms with E-state index in [9.17, 15) is 13.2 Å². The van der Waals surface area contributed by atoms with Crippen molar-refractivity contribution in [3.63, 3.8) is 0 Å². The number of ether oxygens (including phenoxy) is 1. The Bertz CT molecular complexity index is 2090. The first kappa shape index (κ1) is 69.1. The van der Waals surface area contributed by atoms with E-state index in [0.29, 0.717) is 41.4 Å². The minimum atomic E-state index is -4.61. The molecule has 7 aromatic rings. The smallest absolute Gasteiger partial charge is 0.406 e. The minimum absolute atomic E-state index is 0. The van der Waals surface area contributed by atoms with Crippen LogP contribution in [0.3, 0.4) is 0 Å². The van der Waals surface area contributed by atoms with Crippen LogP contribution in [-0.4, -0.2) is 6.36 Å². The van der Waals surface area contributed by atoms with E-state index in [1.54, 1.807) is 12.1 Å². The van der Waals surface area contributed by atoms with Gasteiger partial charge in [-0.1, -0.05) is 295 Å². The lowest BCUT2D eigenvalue weighted by atomic mass is 10.0. The van der Waals surface area contributed by atoms with Crippen molar-refractivity contribution in [1.82, 2.24) is 0 Å². The highest BCUT2D eigenvalue weighted by atomic mass is 19.4. The molecule has 75 heavy (non-hydrogen) atoms. The molecule has 0 N–H and O–H groups in total. The molecular formula is C71H99F3O. The van der Waals surface area contributed by atoms with Gasteiger partial charge in [-0.3, -0.25) is 0 Å². The summed E-state index contributed by atoms with van der Waals surface area (Å²) in [7, 11) is 0. The molecular weight excluding hydrogens is 926 g/mol. The van der Waals surface area contributed by atoms with E-state index in [4.69, 9.17) is 0 Å². The summed E-state index contributed by atoms with van der Waals surface area (Å²) in [6.07, 6.45) is -4.61. The summed E-state index contributed by atoms with van der Waals surface area (Å²) in [5, 5.41) is 0. The first-order valence-corrected chi connectivity index (χ1v) is 26.8. The fourth-order valence-electron chi connectivity index (χ4n) is 6.76. The number of halogens is 3. The van der Waals surface area contributed by atoms with Gasteiger partial charge >= 0.3 is 6.36 Å². The van der Waals surface area contributed by atoms with Gasteiger partial charge in [-0.15, -0.1) is 13.2 Å². The molecule has 1 nitrogen and oxygen atoms in total. The van der Waals surface area contributed by atoms with Gasteiger partial charge in [0.2, 0.25) is 0 Å². The van der Waals surface area contributed by atoms with Gasteiger partial charge in [0.15, 0.2) is 0 Å². The highest BCUT2D eigenvalue weighted by Gasteiger charge is 2.31. The van der Waals surface area contributed by atoms with Crippen LogP contribution < -0.4 is 4.74 Å². The lowest BCUT2D eigenvalue weighted by Gasteiger charge is -2.10. The van der Waals surface area contributed by atoms with Gasteiger partial charge in [0.25, 0.3) is 0 Å². The molecule has 0 aliphatic rings. The molecule has 4 heteroatoms. The number of aryl methyl sites for hydroxylation is 6. The predicted molar refractivity (Wildman–Crippen MR) is 326 cm³/mol. The van der Waals surface area contributed by atoms with E-state index >= 15 is 0 Å². The molecule has 0 amide bonds. The molecule has 0 aliphatic carbocycles. The van der Waals surface area contributed by atoms with Crippen LogP contribution in [0.2, 0.25) is 0 Å². The molecule has 0 fully saturated rings. The maximum atomic E-state index is 11.8. The zero-order valence-corrected chi connectivity index (χ0v) is 49.2. The van der Waals surface area contributed by atoms with Gasteiger partial charge in [-0.2, -0.15) is 0 Å². The van der Waals surface area contributed by atoms with Crippen LogP contribution in [0.4, 0.5) is 13.2 Å². The van der Waals surface area contributed by atoms with E-state index in [0.717, 1.165) is 5.56 Å². The summed E-state index contributed by atoms with van der Waals surface area (Å²) in [6.45, 7) is 43.2. The Labute approximate surface area is 457 Å². The van der Waals surface area contributed by atoms with Crippen LogP contribution in [-0.2, 0) is 0 Å². The Kier molecular flexibility index (Phi) is 33.3. The number of hydrogen-bond donors (Lipinski definition) is 0. The lowest BCUT2D eigenvalue weighted by molar-refractivity contribution is -0.274. The van der Waals surface area contributed by atoms with Gasteiger partial charge in [-0.25, -0.2) is 0 Å². The first-order chi connectivity index (χ1) is 34.6. The summed E-state index contributed by atoms with van der Waals surface area (Å²) >= 11 is 0. The van der Waals surface area contributed by atoms with Crippen molar-refractivity contribution in [2.24, 2.45) is 0 Å². The second-order valence-corrected chi connectivity index (χ2v) is 21.7. The zero-order chi connectivity index (χ0) is 56.1. The minimum Gasteiger partial charge on any atom is -0.406 e. The average Bonchev–Trinajstić information content (AvgIpc) is 3.33. The third kappa shape index (κ3) is 31.6. The van der Waals surface area contributed by atoms with Crippen LogP contribution in [0.5, 0.6) is 5.75 Å². The second kappa shape index (κ2) is 36.2. The van der Waals surface area contributed by atoms with Gasteiger partial charge in [0, 0.05) is 0 Å². The second-order valence-electron chi connectivity index (χ2n) is 21.7. The standard InChI is InChI=1S/C10H11F3O.6C10H14.CH4/c1-7(2)8-3-5-9(6-4-8)14-10(11,12)13;6*1-8(2)10-6-4-9(3)5-7-10;/h3-7H,1-2H3;6*4-8H,1-3H3;1H4. The van der Waals surface area contributed by atoms with Crippen LogP contribution in [0.15, 0.2) is 170 Å². The molecule has 0 atom stereocenters. The zero-order valence-electron chi connectivity index (χ0n) is 49.2. The molecule has 0 bridgehead atoms. The molecule has 0 saturated heterocycles. The maximum absolute atomic E-state index is 11.8. The van der Waals surface area contributed by atoms with E-state index in [1.165, 1.54) is 78.9 Å². The number of hydrogen-bond acceptors (Lipinski definition) is 1. The largest absolute Gasteiger partial charge is 0.573 e. The third-order valence-corrected chi connectivity index (χ3v) is 12.2. The normalized spacial score (nSPS) is 10.5. The van der Waals surface area contributed by atoms with Crippen molar-refractivity contribution in [2.45, 2.75) is 194 Å². The maximum Gasteiger partial charge on any atom is 0.573 e. The molecule has 0 aliphatic heterocycles. The Morgan fingerprint density at radius 2 is 0.360 bits per heavy atom. The lowest BCUT2D eigenvalue weighted by Crippen LogP contribution is -2.17. The third-order valence-electron chi connectivity index (χ3n) is 12.2. The number of alkyl halides is 3. The van der Waals surface area contributed by atoms with E-state index in [1.807, 2.05) is 13.8 Å². The van der Waals surface area contributed by atoms with Crippen molar-refractivity contribution >= 4 is 0 Å². The Hall–Kier alpha value is -5.87. The highest BCUT2D eigenvalue weighted by molar-refractivity contribution is 5.30. The quantitative estimate of drug-likeness (QED) is 0.147. The van der Waals surface area contributed by atoms with Gasteiger partial charge in [0.05, 0.1) is 0 Å². The first-order valence-electron chi connectivity index (χ1n) is 26.8. The average molecular weight is 1030 g/mol. The summed E-state index contributed by atoms with van der Waals surface area (Å²) in [5.41, 5.74) is 17.5. The molecule has 7 rings (SSSR count). The van der Waals surface area contributed by atoms with Crippen molar-refractivity contribution in [3.8, 4) is 5.75 Å². The molecule has 7 aromatic carbocycles. The van der Waals surface area contributed by atoms with Gasteiger partial charge in [0.1, 0.15) is 5.75 Å². The van der Waals surface area contributed by atoms with E-state index in [-0.39, 0.29) is 13.2 Å². The molecule has 0 saturated carbocycles. The molecule has 0 unspecified atom stereocenters.